The molecule has 3 heteroatoms. The van der Waals surface area contributed by atoms with Gasteiger partial charge in [-0.15, -0.1) is 0 Å². The van der Waals surface area contributed by atoms with Gasteiger partial charge in [-0.05, 0) is 33.6 Å². The number of rotatable bonds is 10. The number of nitrogens with one attached hydrogen (secondary N) is 1. The van der Waals surface area contributed by atoms with Crippen LogP contribution in [0.25, 0.3) is 0 Å². The van der Waals surface area contributed by atoms with Crippen LogP contribution >= 0.6 is 0 Å². The normalized spacial score (nSPS) is 17.5. The monoisotopic (exact) mass is 355 g/mol. The Morgan fingerprint density at radius 1 is 0.826 bits per heavy atom. The Hall–Kier alpha value is 0.134. The Bertz CT molecular complexity index is 350. The van der Waals surface area contributed by atoms with Crippen LogP contribution in [0.15, 0.2) is 10.8 Å². The fraction of sp³-hybridized carbons (Fsp3) is 0.900. The molecule has 0 aliphatic carbocycles. The summed E-state index contributed by atoms with van der Waals surface area (Å²) >= 11 is 0. The SMILES string of the molecule is CCC(C)NC(CC)C(C)=C(C)[SiH2][Si](C(C)C)(C(C)C)C(C)C. The van der Waals surface area contributed by atoms with Crippen molar-refractivity contribution >= 4 is 16.6 Å². The topological polar surface area (TPSA) is 12.0 Å². The number of allylic oxidation sites excluding steroid dienone is 1. The summed E-state index contributed by atoms with van der Waals surface area (Å²) in [5.74, 6) is 0. The largest absolute Gasteiger partial charge is 0.308 e. The van der Waals surface area contributed by atoms with Gasteiger partial charge in [-0.1, -0.05) is 82.8 Å². The summed E-state index contributed by atoms with van der Waals surface area (Å²) in [6.45, 7) is 26.9. The van der Waals surface area contributed by atoms with Gasteiger partial charge in [0.05, 0.1) is 7.59 Å². The minimum Gasteiger partial charge on any atom is -0.308 e. The summed E-state index contributed by atoms with van der Waals surface area (Å²) in [6, 6.07) is 1.20. The predicted molar refractivity (Wildman–Crippen MR) is 115 cm³/mol. The van der Waals surface area contributed by atoms with E-state index in [1.165, 1.54) is 12.8 Å². The quantitative estimate of drug-likeness (QED) is 0.489. The number of hydrogen-bond donors (Lipinski definition) is 1. The third kappa shape index (κ3) is 5.86. The van der Waals surface area contributed by atoms with Crippen molar-refractivity contribution in [3.05, 3.63) is 10.8 Å². The highest BCUT2D eigenvalue weighted by molar-refractivity contribution is 7.29. The van der Waals surface area contributed by atoms with Gasteiger partial charge in [-0.3, -0.25) is 0 Å². The first-order chi connectivity index (χ1) is 10.5. The molecule has 0 saturated carbocycles. The maximum Gasteiger partial charge on any atom is 0.0527 e. The van der Waals surface area contributed by atoms with Crippen LogP contribution in [0.1, 0.15) is 89.0 Å². The molecule has 0 spiro atoms. The van der Waals surface area contributed by atoms with Crippen LogP contribution in [0.5, 0.6) is 0 Å². The van der Waals surface area contributed by atoms with Gasteiger partial charge in [0.2, 0.25) is 0 Å². The molecule has 1 nitrogen and oxygen atoms in total. The maximum atomic E-state index is 3.85. The van der Waals surface area contributed by atoms with Gasteiger partial charge >= 0.3 is 0 Å². The molecule has 0 aromatic carbocycles. The van der Waals surface area contributed by atoms with E-state index >= 15 is 0 Å². The molecule has 0 aromatic heterocycles. The van der Waals surface area contributed by atoms with Crippen molar-refractivity contribution in [3.63, 3.8) is 0 Å². The van der Waals surface area contributed by atoms with E-state index in [0.717, 1.165) is 16.6 Å². The summed E-state index contributed by atoms with van der Waals surface area (Å²) in [5.41, 5.74) is 4.37. The fourth-order valence-corrected chi connectivity index (χ4v) is 18.5. The van der Waals surface area contributed by atoms with Crippen molar-refractivity contribution in [2.45, 2.75) is 118 Å². The second-order valence-corrected chi connectivity index (χ2v) is 20.5. The summed E-state index contributed by atoms with van der Waals surface area (Å²) in [5, 5.41) is 5.65. The Labute approximate surface area is 150 Å². The average Bonchev–Trinajstić information content (AvgIpc) is 2.47. The summed E-state index contributed by atoms with van der Waals surface area (Å²) in [7, 11) is -1.37. The first kappa shape index (κ1) is 23.1. The molecule has 0 heterocycles. The Morgan fingerprint density at radius 3 is 1.57 bits per heavy atom. The smallest absolute Gasteiger partial charge is 0.0527 e. The molecular weight excluding hydrogens is 310 g/mol. The van der Waals surface area contributed by atoms with Gasteiger partial charge in [-0.2, -0.15) is 0 Å². The molecule has 1 N–H and O–H groups in total. The summed E-state index contributed by atoms with van der Waals surface area (Å²) in [6.07, 6.45) is 2.42. The van der Waals surface area contributed by atoms with Crippen LogP contribution in [-0.4, -0.2) is 28.7 Å². The predicted octanol–water partition coefficient (Wildman–Crippen LogP) is 5.79. The van der Waals surface area contributed by atoms with Crippen LogP contribution < -0.4 is 5.32 Å². The third-order valence-electron chi connectivity index (χ3n) is 6.50. The molecule has 23 heavy (non-hydrogen) atoms. The van der Waals surface area contributed by atoms with E-state index in [4.69, 9.17) is 0 Å². The highest BCUT2D eigenvalue weighted by atomic mass is 29.2. The van der Waals surface area contributed by atoms with E-state index in [1.807, 2.05) is 0 Å². The van der Waals surface area contributed by atoms with E-state index in [0.29, 0.717) is 12.1 Å². The molecule has 138 valence electrons. The van der Waals surface area contributed by atoms with Gasteiger partial charge in [-0.25, -0.2) is 0 Å². The van der Waals surface area contributed by atoms with Gasteiger partial charge in [0.15, 0.2) is 0 Å². The zero-order chi connectivity index (χ0) is 18.4. The molecule has 0 aromatic rings. The third-order valence-corrected chi connectivity index (χ3v) is 25.4. The molecule has 0 saturated heterocycles. The van der Waals surface area contributed by atoms with E-state index in [9.17, 15) is 0 Å². The van der Waals surface area contributed by atoms with Crippen molar-refractivity contribution in [3.8, 4) is 0 Å². The molecule has 0 radical (unpaired) electrons. The van der Waals surface area contributed by atoms with E-state index in [2.05, 4.69) is 81.5 Å². The van der Waals surface area contributed by atoms with E-state index in [1.54, 1.807) is 10.8 Å². The van der Waals surface area contributed by atoms with Gasteiger partial charge in [0, 0.05) is 21.1 Å². The maximum absolute atomic E-state index is 3.85. The zero-order valence-corrected chi connectivity index (χ0v) is 20.4. The lowest BCUT2D eigenvalue weighted by molar-refractivity contribution is 0.462. The number of hydrogen-bond acceptors (Lipinski definition) is 1. The molecule has 0 aliphatic rings. The Morgan fingerprint density at radius 2 is 1.26 bits per heavy atom. The molecule has 2 unspecified atom stereocenters. The minimum atomic E-state index is -1.21. The van der Waals surface area contributed by atoms with Crippen molar-refractivity contribution in [2.24, 2.45) is 0 Å². The second kappa shape index (κ2) is 10.2. The lowest BCUT2D eigenvalue weighted by atomic mass is 10.0. The van der Waals surface area contributed by atoms with Crippen LogP contribution in [0, 0.1) is 0 Å². The van der Waals surface area contributed by atoms with Gasteiger partial charge < -0.3 is 5.32 Å². The lowest BCUT2D eigenvalue weighted by Crippen LogP contribution is -2.52. The highest BCUT2D eigenvalue weighted by Gasteiger charge is 2.42. The van der Waals surface area contributed by atoms with Crippen molar-refractivity contribution in [2.75, 3.05) is 0 Å². The zero-order valence-electron chi connectivity index (χ0n) is 18.0. The summed E-state index contributed by atoms with van der Waals surface area (Å²) < 4.78 is 0. The average molecular weight is 356 g/mol. The van der Waals surface area contributed by atoms with E-state index < -0.39 is 7.59 Å². The second-order valence-electron chi connectivity index (χ2n) is 8.65. The standard InChI is InChI=1S/C20H45NSi2/c1-12-17(9)21-20(13-2)18(10)19(11)22-23(14(3)4,15(5)6)16(7)8/h14-17,20-21H,12-13,22H2,1-11H3. The molecule has 0 aliphatic heterocycles. The molecule has 0 fully saturated rings. The van der Waals surface area contributed by atoms with Crippen LogP contribution in [-0.2, 0) is 0 Å². The Kier molecular flexibility index (Phi) is 10.3. The first-order valence-electron chi connectivity index (χ1n) is 9.96. The molecule has 0 rings (SSSR count). The first-order valence-corrected chi connectivity index (χ1v) is 15.2. The van der Waals surface area contributed by atoms with Crippen LogP contribution in [0.4, 0.5) is 0 Å². The van der Waals surface area contributed by atoms with Crippen LogP contribution in [0.3, 0.4) is 0 Å². The highest BCUT2D eigenvalue weighted by Crippen LogP contribution is 2.41. The van der Waals surface area contributed by atoms with Crippen molar-refractivity contribution in [1.82, 2.24) is 5.32 Å². The van der Waals surface area contributed by atoms with Gasteiger partial charge in [0.1, 0.15) is 0 Å². The Balaban J connectivity index is 5.55. The fourth-order valence-electron chi connectivity index (χ4n) is 4.52. The van der Waals surface area contributed by atoms with Crippen molar-refractivity contribution < 1.29 is 0 Å². The van der Waals surface area contributed by atoms with Gasteiger partial charge in [0.25, 0.3) is 0 Å². The minimum absolute atomic E-state index is 0.161. The van der Waals surface area contributed by atoms with E-state index in [-0.39, 0.29) is 9.04 Å². The summed E-state index contributed by atoms with van der Waals surface area (Å²) in [4.78, 5) is 0. The molecular formula is C20H45NSi2. The van der Waals surface area contributed by atoms with Crippen LogP contribution in [0.2, 0.25) is 16.6 Å². The van der Waals surface area contributed by atoms with Crippen molar-refractivity contribution in [1.29, 1.82) is 0 Å². The molecule has 0 amide bonds. The lowest BCUT2D eigenvalue weighted by Gasteiger charge is -2.44. The molecule has 2 atom stereocenters. The molecule has 0 bridgehead atoms.